The van der Waals surface area contributed by atoms with E-state index in [1.807, 2.05) is 0 Å². The van der Waals surface area contributed by atoms with Crippen LogP contribution in [-0.2, 0) is 6.42 Å². The Bertz CT molecular complexity index is 313. The normalized spacial score (nSPS) is 14.2. The number of hydrogen-bond donors (Lipinski definition) is 2. The Morgan fingerprint density at radius 2 is 2.33 bits per heavy atom. The summed E-state index contributed by atoms with van der Waals surface area (Å²) in [5.41, 5.74) is 2.06. The van der Waals surface area contributed by atoms with Crippen LogP contribution < -0.4 is 10.5 Å². The van der Waals surface area contributed by atoms with Crippen LogP contribution in [0.1, 0.15) is 5.56 Å². The van der Waals surface area contributed by atoms with Gasteiger partial charge in [0.15, 0.2) is 0 Å². The molecule has 1 aromatic rings. The van der Waals surface area contributed by atoms with Crippen LogP contribution in [-0.4, -0.2) is 6.54 Å². The summed E-state index contributed by atoms with van der Waals surface area (Å²) in [6.07, 6.45) is 0.905. The monoisotopic (exact) mass is 184 g/mol. The smallest absolute Gasteiger partial charge is 0.138 e. The fourth-order valence-corrected chi connectivity index (χ4v) is 1.75. The van der Waals surface area contributed by atoms with Gasteiger partial charge in [0.2, 0.25) is 0 Å². The number of halogens is 1. The van der Waals surface area contributed by atoms with E-state index in [-0.39, 0.29) is 5.82 Å². The molecule has 0 amide bonds. The Hall–Kier alpha value is -0.740. The van der Waals surface area contributed by atoms with E-state index < -0.39 is 0 Å². The number of nitrogens with two attached hydrogens (primary N) is 1. The Kier molecular flexibility index (Phi) is 1.94. The van der Waals surface area contributed by atoms with Gasteiger partial charge in [0, 0.05) is 12.2 Å². The summed E-state index contributed by atoms with van der Waals surface area (Å²) in [4.78, 5) is 0.503. The summed E-state index contributed by atoms with van der Waals surface area (Å²) >= 11 is 0.946. The number of nitrogens with one attached hydrogen (secondary N) is 1. The molecule has 12 heavy (non-hydrogen) atoms. The van der Waals surface area contributed by atoms with Gasteiger partial charge in [-0.25, -0.2) is 4.39 Å². The Morgan fingerprint density at radius 1 is 1.50 bits per heavy atom. The standard InChI is InChI=1S/C8H9FN2S/c9-6-3-5-1-2-11-7(5)4-8(6)12-10/h3-4,11H,1-2,10H2. The first-order valence-electron chi connectivity index (χ1n) is 3.74. The van der Waals surface area contributed by atoms with Crippen molar-refractivity contribution in [1.29, 1.82) is 0 Å². The van der Waals surface area contributed by atoms with Crippen LogP contribution in [0.4, 0.5) is 10.1 Å². The predicted octanol–water partition coefficient (Wildman–Crippen LogP) is 1.76. The second-order valence-corrected chi connectivity index (χ2v) is 3.41. The molecule has 0 aromatic heterocycles. The first-order valence-corrected chi connectivity index (χ1v) is 4.62. The molecule has 0 aliphatic carbocycles. The Labute approximate surface area is 74.5 Å². The minimum Gasteiger partial charge on any atom is -0.384 e. The molecule has 1 aliphatic heterocycles. The summed E-state index contributed by atoms with van der Waals surface area (Å²) in [6, 6.07) is 3.33. The lowest BCUT2D eigenvalue weighted by Gasteiger charge is -2.03. The molecule has 0 saturated heterocycles. The van der Waals surface area contributed by atoms with Gasteiger partial charge in [0.05, 0.1) is 4.90 Å². The zero-order valence-electron chi connectivity index (χ0n) is 6.43. The van der Waals surface area contributed by atoms with Crippen molar-refractivity contribution in [3.8, 4) is 0 Å². The highest BCUT2D eigenvalue weighted by atomic mass is 32.2. The number of hydrogen-bond acceptors (Lipinski definition) is 3. The van der Waals surface area contributed by atoms with Crippen molar-refractivity contribution in [3.05, 3.63) is 23.5 Å². The topological polar surface area (TPSA) is 38.0 Å². The quantitative estimate of drug-likeness (QED) is 0.653. The highest BCUT2D eigenvalue weighted by Gasteiger charge is 2.13. The first kappa shape index (κ1) is 7.89. The highest BCUT2D eigenvalue weighted by Crippen LogP contribution is 2.28. The zero-order chi connectivity index (χ0) is 8.55. The molecule has 0 saturated carbocycles. The molecule has 1 aliphatic rings. The van der Waals surface area contributed by atoms with Crippen molar-refractivity contribution in [2.45, 2.75) is 11.3 Å². The molecular formula is C8H9FN2S. The molecule has 2 nitrogen and oxygen atoms in total. The van der Waals surface area contributed by atoms with E-state index in [2.05, 4.69) is 5.32 Å². The number of rotatable bonds is 1. The van der Waals surface area contributed by atoms with E-state index in [0.717, 1.165) is 36.2 Å². The van der Waals surface area contributed by atoms with Crippen molar-refractivity contribution in [3.63, 3.8) is 0 Å². The van der Waals surface area contributed by atoms with E-state index in [1.165, 1.54) is 0 Å². The van der Waals surface area contributed by atoms with Crippen molar-refractivity contribution in [1.82, 2.24) is 0 Å². The van der Waals surface area contributed by atoms with Crippen molar-refractivity contribution >= 4 is 17.6 Å². The van der Waals surface area contributed by atoms with Crippen LogP contribution in [0, 0.1) is 5.82 Å². The fourth-order valence-electron chi connectivity index (χ4n) is 1.39. The minimum absolute atomic E-state index is 0.218. The molecule has 0 unspecified atom stereocenters. The van der Waals surface area contributed by atoms with E-state index in [0.29, 0.717) is 4.90 Å². The van der Waals surface area contributed by atoms with Crippen LogP contribution in [0.15, 0.2) is 17.0 Å². The van der Waals surface area contributed by atoms with Gasteiger partial charge >= 0.3 is 0 Å². The van der Waals surface area contributed by atoms with E-state index in [4.69, 9.17) is 5.14 Å². The molecule has 4 heteroatoms. The summed E-state index contributed by atoms with van der Waals surface area (Å²) < 4.78 is 13.1. The van der Waals surface area contributed by atoms with Crippen LogP contribution in [0.25, 0.3) is 0 Å². The Balaban J connectivity index is 2.49. The highest BCUT2D eigenvalue weighted by molar-refractivity contribution is 7.97. The second kappa shape index (κ2) is 2.95. The third-order valence-corrected chi connectivity index (χ3v) is 2.56. The molecule has 2 rings (SSSR count). The maximum Gasteiger partial charge on any atom is 0.138 e. The first-order chi connectivity index (χ1) is 5.81. The lowest BCUT2D eigenvalue weighted by molar-refractivity contribution is 0.601. The van der Waals surface area contributed by atoms with Gasteiger partial charge in [0.1, 0.15) is 5.82 Å². The zero-order valence-corrected chi connectivity index (χ0v) is 7.25. The predicted molar refractivity (Wildman–Crippen MR) is 48.6 cm³/mol. The summed E-state index contributed by atoms with van der Waals surface area (Å²) in [7, 11) is 0. The van der Waals surface area contributed by atoms with Gasteiger partial charge in [-0.1, -0.05) is 0 Å². The molecule has 3 N–H and O–H groups in total. The van der Waals surface area contributed by atoms with Crippen molar-refractivity contribution < 1.29 is 4.39 Å². The van der Waals surface area contributed by atoms with E-state index >= 15 is 0 Å². The van der Waals surface area contributed by atoms with Gasteiger partial charge in [-0.05, 0) is 36.1 Å². The van der Waals surface area contributed by atoms with Crippen molar-refractivity contribution in [2.75, 3.05) is 11.9 Å². The second-order valence-electron chi connectivity index (χ2n) is 2.73. The van der Waals surface area contributed by atoms with Gasteiger partial charge in [-0.2, -0.15) is 0 Å². The molecule has 0 radical (unpaired) electrons. The average Bonchev–Trinajstić information content (AvgIpc) is 2.49. The largest absolute Gasteiger partial charge is 0.384 e. The lowest BCUT2D eigenvalue weighted by Crippen LogP contribution is -1.92. The molecule has 0 spiro atoms. The lowest BCUT2D eigenvalue weighted by atomic mass is 10.2. The number of fused-ring (bicyclic) bond motifs is 1. The van der Waals surface area contributed by atoms with Gasteiger partial charge < -0.3 is 5.32 Å². The molecule has 64 valence electrons. The fraction of sp³-hybridized carbons (Fsp3) is 0.250. The summed E-state index contributed by atoms with van der Waals surface area (Å²) in [5.74, 6) is -0.218. The van der Waals surface area contributed by atoms with Gasteiger partial charge in [-0.15, -0.1) is 0 Å². The molecule has 1 aromatic carbocycles. The van der Waals surface area contributed by atoms with E-state index in [9.17, 15) is 4.39 Å². The molecule has 1 heterocycles. The van der Waals surface area contributed by atoms with Crippen LogP contribution in [0.5, 0.6) is 0 Å². The van der Waals surface area contributed by atoms with Crippen LogP contribution in [0.3, 0.4) is 0 Å². The molecule has 0 fully saturated rings. The number of anilines is 1. The average molecular weight is 184 g/mol. The summed E-state index contributed by atoms with van der Waals surface area (Å²) in [6.45, 7) is 0.896. The summed E-state index contributed by atoms with van der Waals surface area (Å²) in [5, 5.41) is 8.46. The number of benzene rings is 1. The van der Waals surface area contributed by atoms with Gasteiger partial charge in [-0.3, -0.25) is 5.14 Å². The van der Waals surface area contributed by atoms with Crippen LogP contribution in [0.2, 0.25) is 0 Å². The Morgan fingerprint density at radius 3 is 3.08 bits per heavy atom. The maximum atomic E-state index is 13.1. The third kappa shape index (κ3) is 1.17. The minimum atomic E-state index is -0.218. The molecule has 0 atom stereocenters. The van der Waals surface area contributed by atoms with Gasteiger partial charge in [0.25, 0.3) is 0 Å². The van der Waals surface area contributed by atoms with Crippen LogP contribution >= 0.6 is 11.9 Å². The third-order valence-electron chi connectivity index (χ3n) is 1.99. The SMILES string of the molecule is NSc1cc2c(cc1F)CCN2. The molecule has 0 bridgehead atoms. The van der Waals surface area contributed by atoms with Crippen molar-refractivity contribution in [2.24, 2.45) is 5.14 Å². The molecular weight excluding hydrogens is 175 g/mol. The maximum absolute atomic E-state index is 13.1. The van der Waals surface area contributed by atoms with E-state index in [1.54, 1.807) is 12.1 Å².